The van der Waals surface area contributed by atoms with Crippen molar-refractivity contribution in [3.63, 3.8) is 0 Å². The lowest BCUT2D eigenvalue weighted by Crippen LogP contribution is -2.35. The Kier molecular flexibility index (Phi) is 5.86. The van der Waals surface area contributed by atoms with E-state index in [9.17, 15) is 19.2 Å². The number of amides is 4. The summed E-state index contributed by atoms with van der Waals surface area (Å²) in [6.07, 6.45) is -0.0130. The molecule has 0 bridgehead atoms. The molecule has 0 aliphatic carbocycles. The summed E-state index contributed by atoms with van der Waals surface area (Å²) in [6, 6.07) is 2.86. The van der Waals surface area contributed by atoms with E-state index in [0.717, 1.165) is 9.80 Å². The number of anilines is 1. The lowest BCUT2D eigenvalue weighted by atomic mass is 10.1. The monoisotopic (exact) mass is 387 g/mol. The van der Waals surface area contributed by atoms with Crippen LogP contribution in [0.3, 0.4) is 0 Å². The van der Waals surface area contributed by atoms with Gasteiger partial charge in [0.15, 0.2) is 0 Å². The minimum Gasteiger partial charge on any atom is -0.480 e. The van der Waals surface area contributed by atoms with E-state index in [2.05, 4.69) is 5.32 Å². The summed E-state index contributed by atoms with van der Waals surface area (Å²) in [5.74, 6) is -2.08. The van der Waals surface area contributed by atoms with Gasteiger partial charge < -0.3 is 15.3 Å². The van der Waals surface area contributed by atoms with Gasteiger partial charge in [-0.3, -0.25) is 14.4 Å². The summed E-state index contributed by atoms with van der Waals surface area (Å²) in [5, 5.41) is 11.7. The van der Waals surface area contributed by atoms with Crippen LogP contribution < -0.4 is 10.2 Å². The second kappa shape index (κ2) is 7.71. The molecule has 1 aliphatic rings. The van der Waals surface area contributed by atoms with Crippen LogP contribution in [0.1, 0.15) is 12.8 Å². The van der Waals surface area contributed by atoms with Crippen molar-refractivity contribution in [2.45, 2.75) is 18.9 Å². The first kappa shape index (κ1) is 19.0. The number of halogens is 2. The number of imide groups is 1. The molecule has 2 N–H and O–H groups in total. The number of hydrogen-bond acceptors (Lipinski definition) is 4. The fourth-order valence-electron chi connectivity index (χ4n) is 2.35. The normalized spacial score (nSPS) is 16.8. The summed E-state index contributed by atoms with van der Waals surface area (Å²) < 4.78 is 0. The lowest BCUT2D eigenvalue weighted by Gasteiger charge is -2.16. The summed E-state index contributed by atoms with van der Waals surface area (Å²) in [7, 11) is 1.35. The number of carbonyl (C=O) groups is 4. The largest absolute Gasteiger partial charge is 0.480 e. The predicted molar refractivity (Wildman–Crippen MR) is 90.8 cm³/mol. The molecule has 0 saturated carbocycles. The maximum Gasteiger partial charge on any atom is 0.329 e. The third kappa shape index (κ3) is 4.40. The number of nitrogens with zero attached hydrogens (tertiary/aromatic N) is 2. The molecule has 0 aromatic heterocycles. The number of carboxylic acids is 1. The molecule has 10 heteroatoms. The van der Waals surface area contributed by atoms with E-state index in [0.29, 0.717) is 5.02 Å². The van der Waals surface area contributed by atoms with Gasteiger partial charge in [0.25, 0.3) is 5.91 Å². The number of rotatable bonds is 6. The van der Waals surface area contributed by atoms with Crippen molar-refractivity contribution in [2.75, 3.05) is 18.5 Å². The molecule has 1 saturated heterocycles. The zero-order valence-corrected chi connectivity index (χ0v) is 14.7. The highest BCUT2D eigenvalue weighted by Gasteiger charge is 2.39. The number of carbonyl (C=O) groups excluding carboxylic acids is 3. The van der Waals surface area contributed by atoms with Crippen molar-refractivity contribution in [1.29, 1.82) is 0 Å². The second-order valence-corrected chi connectivity index (χ2v) is 6.27. The van der Waals surface area contributed by atoms with Crippen LogP contribution in [0.25, 0.3) is 0 Å². The Bertz CT molecular complexity index is 740. The van der Waals surface area contributed by atoms with Crippen LogP contribution in [-0.2, 0) is 14.4 Å². The van der Waals surface area contributed by atoms with Crippen molar-refractivity contribution in [1.82, 2.24) is 10.2 Å². The first-order valence-corrected chi connectivity index (χ1v) is 8.01. The van der Waals surface area contributed by atoms with Crippen molar-refractivity contribution >= 4 is 52.7 Å². The molecule has 1 aliphatic heterocycles. The third-order valence-electron chi connectivity index (χ3n) is 3.63. The molecule has 1 aromatic rings. The van der Waals surface area contributed by atoms with E-state index in [1.807, 2.05) is 0 Å². The molecule has 1 fully saturated rings. The Labute approximate surface area is 153 Å². The van der Waals surface area contributed by atoms with Crippen LogP contribution in [-0.4, -0.2) is 53.5 Å². The third-order valence-corrected chi connectivity index (χ3v) is 4.36. The van der Waals surface area contributed by atoms with Gasteiger partial charge in [0.1, 0.15) is 12.6 Å². The molecule has 2 rings (SSSR count). The molecule has 1 aromatic carbocycles. The van der Waals surface area contributed by atoms with Gasteiger partial charge in [0.2, 0.25) is 5.91 Å². The predicted octanol–water partition coefficient (Wildman–Crippen LogP) is 1.74. The smallest absolute Gasteiger partial charge is 0.329 e. The molecule has 0 unspecified atom stereocenters. The Morgan fingerprint density at radius 3 is 2.56 bits per heavy atom. The Hall–Kier alpha value is -2.32. The number of aliphatic carboxylic acids is 1. The fourth-order valence-corrected chi connectivity index (χ4v) is 2.64. The highest BCUT2D eigenvalue weighted by molar-refractivity contribution is 6.42. The van der Waals surface area contributed by atoms with Crippen molar-refractivity contribution in [3.05, 3.63) is 28.2 Å². The van der Waals surface area contributed by atoms with Gasteiger partial charge in [-0.2, -0.15) is 0 Å². The molecule has 8 nitrogen and oxygen atoms in total. The number of hydrogen-bond donors (Lipinski definition) is 2. The van der Waals surface area contributed by atoms with Gasteiger partial charge in [-0.15, -0.1) is 0 Å². The second-order valence-electron chi connectivity index (χ2n) is 5.46. The Morgan fingerprint density at radius 2 is 1.96 bits per heavy atom. The maximum absolute atomic E-state index is 12.4. The van der Waals surface area contributed by atoms with Crippen LogP contribution in [0.2, 0.25) is 10.0 Å². The number of carboxylic acid groups (broad SMARTS) is 1. The summed E-state index contributed by atoms with van der Waals surface area (Å²) >= 11 is 11.7. The average Bonchev–Trinajstić information content (AvgIpc) is 2.81. The minimum absolute atomic E-state index is 0.0607. The summed E-state index contributed by atoms with van der Waals surface area (Å²) in [5.41, 5.74) is 0.272. The van der Waals surface area contributed by atoms with E-state index >= 15 is 0 Å². The zero-order chi connectivity index (χ0) is 18.7. The van der Waals surface area contributed by atoms with Gasteiger partial charge in [-0.1, -0.05) is 23.2 Å². The van der Waals surface area contributed by atoms with Gasteiger partial charge in [0.05, 0.1) is 15.7 Å². The molecule has 0 spiro atoms. The van der Waals surface area contributed by atoms with Gasteiger partial charge in [0, 0.05) is 13.5 Å². The van der Waals surface area contributed by atoms with Crippen molar-refractivity contribution in [2.24, 2.45) is 0 Å². The summed E-state index contributed by atoms with van der Waals surface area (Å²) in [4.78, 5) is 48.9. The maximum atomic E-state index is 12.4. The molecule has 1 atom stereocenters. The first-order chi connectivity index (χ1) is 11.7. The molecule has 1 heterocycles. The van der Waals surface area contributed by atoms with Crippen molar-refractivity contribution < 1.29 is 24.3 Å². The Morgan fingerprint density at radius 1 is 1.28 bits per heavy atom. The average molecular weight is 388 g/mol. The van der Waals surface area contributed by atoms with Crippen LogP contribution in [0.15, 0.2) is 18.2 Å². The number of likely N-dealkylation sites (N-methyl/N-ethyl adjacent to an activating group) is 1. The van der Waals surface area contributed by atoms with E-state index in [1.165, 1.54) is 25.2 Å². The number of urea groups is 1. The number of benzene rings is 1. The van der Waals surface area contributed by atoms with Gasteiger partial charge >= 0.3 is 12.0 Å². The van der Waals surface area contributed by atoms with E-state index in [4.69, 9.17) is 28.3 Å². The fraction of sp³-hybridized carbons (Fsp3) is 0.333. The van der Waals surface area contributed by atoms with Crippen molar-refractivity contribution in [3.8, 4) is 0 Å². The van der Waals surface area contributed by atoms with E-state index < -0.39 is 36.4 Å². The zero-order valence-electron chi connectivity index (χ0n) is 13.2. The van der Waals surface area contributed by atoms with Crippen LogP contribution in [0, 0.1) is 0 Å². The quantitative estimate of drug-likeness (QED) is 0.722. The first-order valence-electron chi connectivity index (χ1n) is 7.26. The van der Waals surface area contributed by atoms with Crippen LogP contribution in [0.5, 0.6) is 0 Å². The van der Waals surface area contributed by atoms with Crippen LogP contribution in [0.4, 0.5) is 10.5 Å². The van der Waals surface area contributed by atoms with E-state index in [-0.39, 0.29) is 23.6 Å². The summed E-state index contributed by atoms with van der Waals surface area (Å²) in [6.45, 7) is -0.431. The molecule has 4 amide bonds. The van der Waals surface area contributed by atoms with Crippen LogP contribution >= 0.6 is 23.2 Å². The number of nitrogens with one attached hydrogen (secondary N) is 1. The molecule has 25 heavy (non-hydrogen) atoms. The van der Waals surface area contributed by atoms with E-state index in [1.54, 1.807) is 0 Å². The van der Waals surface area contributed by atoms with Gasteiger partial charge in [-0.05, 0) is 24.6 Å². The topological polar surface area (TPSA) is 107 Å². The lowest BCUT2D eigenvalue weighted by molar-refractivity contribution is -0.143. The molecular formula is C15H15Cl2N3O5. The highest BCUT2D eigenvalue weighted by Crippen LogP contribution is 2.29. The standard InChI is InChI=1S/C15H15Cl2N3O5/c1-19(7-13(22)23)12(21)5-4-11-14(24)20(15(25)18-11)8-2-3-9(16)10(17)6-8/h2-3,6,11H,4-5,7H2,1H3,(H,18,25)(H,22,23)/t11-/m1/s1. The molecule has 0 radical (unpaired) electrons. The molecular weight excluding hydrogens is 373 g/mol. The highest BCUT2D eigenvalue weighted by atomic mass is 35.5. The minimum atomic E-state index is -1.13. The molecule has 134 valence electrons. The Balaban J connectivity index is 2.02. The van der Waals surface area contributed by atoms with Gasteiger partial charge in [-0.25, -0.2) is 9.69 Å². The SMILES string of the molecule is CN(CC(=O)O)C(=O)CC[C@H]1NC(=O)N(c2ccc(Cl)c(Cl)c2)C1=O.